The monoisotopic (exact) mass is 400 g/mol. The summed E-state index contributed by atoms with van der Waals surface area (Å²) in [7, 11) is 0. The molecule has 0 aromatic heterocycles. The average Bonchev–Trinajstić information content (AvgIpc) is 2.52. The molecule has 4 fully saturated rings. The highest BCUT2D eigenvalue weighted by atomic mass is 32.2. The summed E-state index contributed by atoms with van der Waals surface area (Å²) in [6.45, 7) is -0.0928. The van der Waals surface area contributed by atoms with E-state index in [-0.39, 0.29) is 25.4 Å². The number of rotatable bonds is 8. The molecule has 4 aliphatic rings. The number of hydrogen-bond acceptors (Lipinski definition) is 3. The quantitative estimate of drug-likeness (QED) is 0.285. The fraction of sp³-hybridized carbons (Fsp3) is 0.941. The molecule has 4 saturated carbocycles. The molecular formula is C17H24F4O4S. The van der Waals surface area contributed by atoms with Crippen LogP contribution in [0, 0.1) is 23.2 Å². The van der Waals surface area contributed by atoms with Crippen molar-refractivity contribution in [2.24, 2.45) is 23.2 Å². The molecule has 1 unspecified atom stereocenters. The first kappa shape index (κ1) is 20.0. The first-order valence-corrected chi connectivity index (χ1v) is 10.2. The van der Waals surface area contributed by atoms with Crippen LogP contribution in [0.3, 0.4) is 0 Å². The summed E-state index contributed by atoms with van der Waals surface area (Å²) in [4.78, 5) is 12.5. The Morgan fingerprint density at radius 2 is 1.54 bits per heavy atom. The van der Waals surface area contributed by atoms with Crippen LogP contribution in [0.4, 0.5) is 17.6 Å². The van der Waals surface area contributed by atoms with E-state index in [9.17, 15) is 26.6 Å². The zero-order valence-electron chi connectivity index (χ0n) is 14.4. The largest absolute Gasteiger partial charge is 0.465 e. The number of esters is 1. The van der Waals surface area contributed by atoms with E-state index in [1.165, 1.54) is 19.3 Å². The Balaban J connectivity index is 1.43. The molecule has 0 radical (unpaired) electrons. The van der Waals surface area contributed by atoms with Gasteiger partial charge in [0.25, 0.3) is 0 Å². The summed E-state index contributed by atoms with van der Waals surface area (Å²) in [5.41, 5.74) is -0.431. The molecule has 0 saturated heterocycles. The van der Waals surface area contributed by atoms with Gasteiger partial charge in [-0.2, -0.15) is 17.6 Å². The maximum atomic E-state index is 13.3. The van der Waals surface area contributed by atoms with E-state index in [4.69, 9.17) is 9.29 Å². The van der Waals surface area contributed by atoms with Gasteiger partial charge in [-0.3, -0.25) is 4.79 Å². The molecule has 26 heavy (non-hydrogen) atoms. The molecule has 4 bridgehead atoms. The van der Waals surface area contributed by atoms with Gasteiger partial charge in [0.1, 0.15) is 0 Å². The number of unbranched alkanes of at least 4 members (excludes halogenated alkanes) is 1. The Labute approximate surface area is 152 Å². The van der Waals surface area contributed by atoms with Crippen molar-refractivity contribution in [3.05, 3.63) is 0 Å². The molecule has 1 N–H and O–H groups in total. The first-order chi connectivity index (χ1) is 12.1. The van der Waals surface area contributed by atoms with Gasteiger partial charge in [-0.1, -0.05) is 0 Å². The highest BCUT2D eigenvalue weighted by Crippen LogP contribution is 2.60. The van der Waals surface area contributed by atoms with Gasteiger partial charge in [-0.15, -0.1) is 0 Å². The number of carbonyl (C=O) groups is 1. The Hall–Kier alpha value is -0.700. The summed E-state index contributed by atoms with van der Waals surface area (Å²) < 4.78 is 76.6. The number of alkyl halides is 4. The highest BCUT2D eigenvalue weighted by molar-refractivity contribution is 7.80. The van der Waals surface area contributed by atoms with Crippen molar-refractivity contribution in [1.29, 1.82) is 0 Å². The third kappa shape index (κ3) is 3.66. The summed E-state index contributed by atoms with van der Waals surface area (Å²) in [6, 6.07) is 0. The Morgan fingerprint density at radius 1 is 1.04 bits per heavy atom. The standard InChI is InChI=1S/C17H24F4O4S/c18-16(19,17(20,21)26(23)24)3-1-2-4-25-14(22)15-8-11-5-12(9-15)7-13(6-11)10-15/h11-13H,1-10H2,(H,23,24). The van der Waals surface area contributed by atoms with Crippen LogP contribution >= 0.6 is 0 Å². The van der Waals surface area contributed by atoms with Crippen LogP contribution in [-0.2, 0) is 20.6 Å². The number of carbonyl (C=O) groups excluding carboxylic acids is 1. The van der Waals surface area contributed by atoms with Gasteiger partial charge in [0.15, 0.2) is 0 Å². The van der Waals surface area contributed by atoms with E-state index in [0.29, 0.717) is 17.8 Å². The minimum Gasteiger partial charge on any atom is -0.465 e. The predicted molar refractivity (Wildman–Crippen MR) is 86.1 cm³/mol. The molecule has 9 heteroatoms. The zero-order chi connectivity index (χ0) is 19.2. The van der Waals surface area contributed by atoms with Gasteiger partial charge >= 0.3 is 17.1 Å². The molecule has 0 spiro atoms. The summed E-state index contributed by atoms with van der Waals surface area (Å²) in [5.74, 6) is -3.11. The SMILES string of the molecule is O=C(OCCCCC(F)(F)C(F)(F)S(=O)O)C12CC3CC(CC(C3)C1)C2. The van der Waals surface area contributed by atoms with Crippen LogP contribution < -0.4 is 0 Å². The summed E-state index contributed by atoms with van der Waals surface area (Å²) >= 11 is -3.94. The van der Waals surface area contributed by atoms with Crippen molar-refractivity contribution in [3.63, 3.8) is 0 Å². The van der Waals surface area contributed by atoms with E-state index in [1.54, 1.807) is 0 Å². The van der Waals surface area contributed by atoms with Crippen LogP contribution in [0.2, 0.25) is 0 Å². The number of hydrogen-bond donors (Lipinski definition) is 1. The van der Waals surface area contributed by atoms with Crippen molar-refractivity contribution in [2.45, 2.75) is 69.0 Å². The van der Waals surface area contributed by atoms with Gasteiger partial charge in [0.05, 0.1) is 12.0 Å². The zero-order valence-corrected chi connectivity index (χ0v) is 15.2. The molecule has 0 aliphatic heterocycles. The molecule has 1 atom stereocenters. The second-order valence-corrected chi connectivity index (χ2v) is 9.27. The van der Waals surface area contributed by atoms with Crippen LogP contribution in [0.15, 0.2) is 0 Å². The van der Waals surface area contributed by atoms with Crippen LogP contribution in [-0.4, -0.2) is 32.5 Å². The maximum Gasteiger partial charge on any atom is 0.406 e. The second kappa shape index (κ2) is 7.04. The lowest BCUT2D eigenvalue weighted by molar-refractivity contribution is -0.172. The molecule has 0 amide bonds. The van der Waals surface area contributed by atoms with Crippen molar-refractivity contribution < 1.29 is 35.9 Å². The maximum absolute atomic E-state index is 13.3. The first-order valence-electron chi connectivity index (χ1n) is 9.09. The fourth-order valence-corrected chi connectivity index (χ4v) is 5.76. The van der Waals surface area contributed by atoms with Gasteiger partial charge in [-0.25, -0.2) is 4.21 Å². The van der Waals surface area contributed by atoms with Gasteiger partial charge < -0.3 is 9.29 Å². The van der Waals surface area contributed by atoms with Gasteiger partial charge in [-0.05, 0) is 69.1 Å². The summed E-state index contributed by atoms with van der Waals surface area (Å²) in [6.07, 6.45) is 4.52. The number of halogens is 4. The molecule has 4 rings (SSSR count). The molecule has 4 aliphatic carbocycles. The van der Waals surface area contributed by atoms with Gasteiger partial charge in [0, 0.05) is 6.42 Å². The molecule has 0 aromatic carbocycles. The molecule has 0 aromatic rings. The van der Waals surface area contributed by atoms with Crippen molar-refractivity contribution in [1.82, 2.24) is 0 Å². The van der Waals surface area contributed by atoms with E-state index < -0.39 is 34.1 Å². The van der Waals surface area contributed by atoms with Crippen LogP contribution in [0.5, 0.6) is 0 Å². The Bertz CT molecular complexity index is 546. The van der Waals surface area contributed by atoms with Crippen LogP contribution in [0.25, 0.3) is 0 Å². The fourth-order valence-electron chi connectivity index (χ4n) is 5.40. The van der Waals surface area contributed by atoms with Crippen molar-refractivity contribution in [2.75, 3.05) is 6.61 Å². The normalized spacial score (nSPS) is 34.7. The molecule has 0 heterocycles. The van der Waals surface area contributed by atoms with E-state index in [0.717, 1.165) is 19.3 Å². The average molecular weight is 400 g/mol. The lowest BCUT2D eigenvalue weighted by Gasteiger charge is -2.55. The van der Waals surface area contributed by atoms with Gasteiger partial charge in [0.2, 0.25) is 11.1 Å². The Morgan fingerprint density at radius 3 is 2.00 bits per heavy atom. The molecule has 150 valence electrons. The third-order valence-corrected chi connectivity index (χ3v) is 6.97. The predicted octanol–water partition coefficient (Wildman–Crippen LogP) is 4.37. The van der Waals surface area contributed by atoms with Crippen LogP contribution in [0.1, 0.15) is 57.8 Å². The van der Waals surface area contributed by atoms with Crippen molar-refractivity contribution >= 4 is 17.0 Å². The smallest absolute Gasteiger partial charge is 0.406 e. The highest BCUT2D eigenvalue weighted by Gasteiger charge is 2.60. The minimum atomic E-state index is -4.98. The lowest BCUT2D eigenvalue weighted by Crippen LogP contribution is -2.50. The minimum absolute atomic E-state index is 0.0157. The van der Waals surface area contributed by atoms with Crippen molar-refractivity contribution in [3.8, 4) is 0 Å². The molecule has 4 nitrogen and oxygen atoms in total. The Kier molecular flexibility index (Phi) is 5.42. The number of ether oxygens (including phenoxy) is 1. The van der Waals surface area contributed by atoms with E-state index in [2.05, 4.69) is 0 Å². The topological polar surface area (TPSA) is 63.6 Å². The molecular weight excluding hydrogens is 376 g/mol. The third-order valence-electron chi connectivity index (χ3n) is 6.23. The summed E-state index contributed by atoms with van der Waals surface area (Å²) in [5, 5.41) is -4.98. The second-order valence-electron chi connectivity index (χ2n) is 8.26. The van der Waals surface area contributed by atoms with E-state index in [1.807, 2.05) is 0 Å². The van der Waals surface area contributed by atoms with E-state index >= 15 is 0 Å². The lowest BCUT2D eigenvalue weighted by atomic mass is 9.49.